The van der Waals surface area contributed by atoms with Gasteiger partial charge in [0, 0.05) is 22.8 Å². The van der Waals surface area contributed by atoms with Crippen molar-refractivity contribution in [3.05, 3.63) is 65.2 Å². The maximum Gasteiger partial charge on any atom is 0.150 e. The number of aromatic nitrogens is 1. The van der Waals surface area contributed by atoms with Crippen molar-refractivity contribution in [3.63, 3.8) is 0 Å². The van der Waals surface area contributed by atoms with Crippen LogP contribution in [0, 0.1) is 13.8 Å². The normalized spacial score (nSPS) is 12.1. The molecule has 5 heteroatoms. The van der Waals surface area contributed by atoms with Crippen LogP contribution in [0.1, 0.15) is 11.1 Å². The Morgan fingerprint density at radius 2 is 2.00 bits per heavy atom. The first kappa shape index (κ1) is 14.9. The Balaban J connectivity index is 1.85. The van der Waals surface area contributed by atoms with Gasteiger partial charge >= 0.3 is 0 Å². The van der Waals surface area contributed by atoms with E-state index < -0.39 is 11.0 Å². The van der Waals surface area contributed by atoms with Crippen LogP contribution in [-0.4, -0.2) is 9.19 Å². The Labute approximate surface area is 136 Å². The highest BCUT2D eigenvalue weighted by molar-refractivity contribution is 7.86. The third-order valence-electron chi connectivity index (χ3n) is 3.30. The standard InChI is InChI=1S/C17H16N2OS2/c1-12-6-7-13(2)16(10-12)22(20)19-15-5-3-4-14(11-15)17-18-8-9-21-17/h3-11,19H,1-2H3. The molecule has 0 bridgehead atoms. The van der Waals surface area contributed by atoms with E-state index >= 15 is 0 Å². The summed E-state index contributed by atoms with van der Waals surface area (Å²) in [6.07, 6.45) is 1.79. The Morgan fingerprint density at radius 1 is 1.14 bits per heavy atom. The van der Waals surface area contributed by atoms with Gasteiger partial charge < -0.3 is 4.72 Å². The first-order chi connectivity index (χ1) is 10.6. The minimum absolute atomic E-state index is 0.819. The van der Waals surface area contributed by atoms with E-state index in [0.717, 1.165) is 32.3 Å². The molecule has 1 heterocycles. The molecule has 1 N–H and O–H groups in total. The number of benzene rings is 2. The Kier molecular flexibility index (Phi) is 4.36. The summed E-state index contributed by atoms with van der Waals surface area (Å²) in [5.74, 6) is 0. The van der Waals surface area contributed by atoms with Crippen LogP contribution in [0.4, 0.5) is 5.69 Å². The largest absolute Gasteiger partial charge is 0.301 e. The third-order valence-corrected chi connectivity index (χ3v) is 5.38. The van der Waals surface area contributed by atoms with Crippen molar-refractivity contribution in [3.8, 4) is 10.6 Å². The van der Waals surface area contributed by atoms with Crippen LogP contribution in [0.2, 0.25) is 0 Å². The van der Waals surface area contributed by atoms with Crippen molar-refractivity contribution < 1.29 is 4.21 Å². The quantitative estimate of drug-likeness (QED) is 0.763. The molecular weight excluding hydrogens is 312 g/mol. The summed E-state index contributed by atoms with van der Waals surface area (Å²) in [5, 5.41) is 2.91. The summed E-state index contributed by atoms with van der Waals surface area (Å²) in [6, 6.07) is 13.8. The van der Waals surface area contributed by atoms with E-state index in [0.29, 0.717) is 0 Å². The highest BCUT2D eigenvalue weighted by Gasteiger charge is 2.09. The van der Waals surface area contributed by atoms with Crippen molar-refractivity contribution in [1.82, 2.24) is 4.98 Å². The van der Waals surface area contributed by atoms with E-state index in [1.165, 1.54) is 0 Å². The van der Waals surface area contributed by atoms with Crippen LogP contribution in [0.25, 0.3) is 10.6 Å². The monoisotopic (exact) mass is 328 g/mol. The number of anilines is 1. The lowest BCUT2D eigenvalue weighted by molar-refractivity contribution is 0.686. The molecule has 0 aliphatic rings. The molecule has 0 spiro atoms. The number of nitrogens with zero attached hydrogens (tertiary/aromatic N) is 1. The summed E-state index contributed by atoms with van der Waals surface area (Å²) in [6.45, 7) is 3.98. The highest BCUT2D eigenvalue weighted by atomic mass is 32.2. The summed E-state index contributed by atoms with van der Waals surface area (Å²) in [5.41, 5.74) is 3.98. The maximum absolute atomic E-state index is 12.6. The fourth-order valence-corrected chi connectivity index (χ4v) is 3.89. The SMILES string of the molecule is Cc1ccc(C)c(S(=O)Nc2cccc(-c3nccs3)c2)c1. The van der Waals surface area contributed by atoms with Crippen molar-refractivity contribution >= 4 is 28.0 Å². The molecule has 0 aliphatic heterocycles. The maximum atomic E-state index is 12.6. The summed E-state index contributed by atoms with van der Waals surface area (Å²) in [4.78, 5) is 5.12. The van der Waals surface area contributed by atoms with Gasteiger partial charge in [0.2, 0.25) is 0 Å². The van der Waals surface area contributed by atoms with Crippen LogP contribution in [0.3, 0.4) is 0 Å². The number of rotatable bonds is 4. The molecule has 0 radical (unpaired) electrons. The van der Waals surface area contributed by atoms with Gasteiger partial charge in [0.15, 0.2) is 11.0 Å². The molecule has 22 heavy (non-hydrogen) atoms. The first-order valence-electron chi connectivity index (χ1n) is 6.89. The molecule has 2 aromatic carbocycles. The molecule has 112 valence electrons. The van der Waals surface area contributed by atoms with Gasteiger partial charge in [0.1, 0.15) is 5.01 Å². The topological polar surface area (TPSA) is 42.0 Å². The minimum atomic E-state index is -1.28. The molecule has 0 amide bonds. The van der Waals surface area contributed by atoms with Gasteiger partial charge in [-0.3, -0.25) is 0 Å². The van der Waals surface area contributed by atoms with Gasteiger partial charge in [-0.05, 0) is 43.2 Å². The van der Waals surface area contributed by atoms with Crippen LogP contribution >= 0.6 is 11.3 Å². The average molecular weight is 328 g/mol. The Bertz CT molecular complexity index is 813. The molecule has 1 aromatic heterocycles. The molecule has 3 aromatic rings. The molecule has 3 rings (SSSR count). The number of nitrogens with one attached hydrogen (secondary N) is 1. The van der Waals surface area contributed by atoms with Crippen LogP contribution in [0.15, 0.2) is 58.9 Å². The highest BCUT2D eigenvalue weighted by Crippen LogP contribution is 2.25. The zero-order valence-corrected chi connectivity index (χ0v) is 14.0. The molecule has 1 atom stereocenters. The van der Waals surface area contributed by atoms with Gasteiger partial charge in [-0.15, -0.1) is 11.3 Å². The van der Waals surface area contributed by atoms with Crippen molar-refractivity contribution in [2.24, 2.45) is 0 Å². The predicted molar refractivity (Wildman–Crippen MR) is 93.5 cm³/mol. The van der Waals surface area contributed by atoms with Gasteiger partial charge in [-0.1, -0.05) is 24.3 Å². The summed E-state index contributed by atoms with van der Waals surface area (Å²) >= 11 is 1.59. The van der Waals surface area contributed by atoms with Gasteiger partial charge in [0.05, 0.1) is 4.90 Å². The van der Waals surface area contributed by atoms with Gasteiger partial charge in [-0.2, -0.15) is 0 Å². The summed E-state index contributed by atoms with van der Waals surface area (Å²) < 4.78 is 15.6. The third kappa shape index (κ3) is 3.26. The van der Waals surface area contributed by atoms with E-state index in [2.05, 4.69) is 9.71 Å². The molecule has 0 saturated carbocycles. The second-order valence-electron chi connectivity index (χ2n) is 5.06. The van der Waals surface area contributed by atoms with E-state index in [1.54, 1.807) is 17.5 Å². The molecule has 0 saturated heterocycles. The first-order valence-corrected chi connectivity index (χ1v) is 8.92. The van der Waals surface area contributed by atoms with E-state index in [4.69, 9.17) is 0 Å². The number of hydrogen-bond donors (Lipinski definition) is 1. The number of aryl methyl sites for hydroxylation is 2. The van der Waals surface area contributed by atoms with Crippen molar-refractivity contribution in [2.45, 2.75) is 18.7 Å². The zero-order valence-electron chi connectivity index (χ0n) is 12.4. The number of thiazole rings is 1. The Morgan fingerprint density at radius 3 is 2.77 bits per heavy atom. The van der Waals surface area contributed by atoms with E-state index in [9.17, 15) is 4.21 Å². The molecule has 0 fully saturated rings. The summed E-state index contributed by atoms with van der Waals surface area (Å²) in [7, 11) is -1.28. The van der Waals surface area contributed by atoms with Gasteiger partial charge in [0.25, 0.3) is 0 Å². The van der Waals surface area contributed by atoms with Gasteiger partial charge in [-0.25, -0.2) is 9.19 Å². The average Bonchev–Trinajstić information content (AvgIpc) is 3.04. The number of hydrogen-bond acceptors (Lipinski definition) is 3. The molecular formula is C17H16N2OS2. The van der Waals surface area contributed by atoms with Crippen LogP contribution < -0.4 is 4.72 Å². The Hall–Kier alpha value is -1.98. The predicted octanol–water partition coefficient (Wildman–Crippen LogP) is 4.56. The lowest BCUT2D eigenvalue weighted by Crippen LogP contribution is -2.06. The lowest BCUT2D eigenvalue weighted by Gasteiger charge is -2.10. The van der Waals surface area contributed by atoms with E-state index in [1.807, 2.05) is 61.7 Å². The van der Waals surface area contributed by atoms with Crippen LogP contribution in [0.5, 0.6) is 0 Å². The molecule has 1 unspecified atom stereocenters. The van der Waals surface area contributed by atoms with E-state index in [-0.39, 0.29) is 0 Å². The fraction of sp³-hybridized carbons (Fsp3) is 0.118. The fourth-order valence-electron chi connectivity index (χ4n) is 2.15. The van der Waals surface area contributed by atoms with Crippen molar-refractivity contribution in [2.75, 3.05) is 4.72 Å². The second-order valence-corrected chi connectivity index (χ2v) is 7.13. The lowest BCUT2D eigenvalue weighted by atomic mass is 10.2. The smallest absolute Gasteiger partial charge is 0.150 e. The van der Waals surface area contributed by atoms with Crippen molar-refractivity contribution in [1.29, 1.82) is 0 Å². The molecule has 3 nitrogen and oxygen atoms in total. The van der Waals surface area contributed by atoms with Crippen LogP contribution in [-0.2, 0) is 11.0 Å². The second kappa shape index (κ2) is 6.42. The minimum Gasteiger partial charge on any atom is -0.301 e. The molecule has 0 aliphatic carbocycles. The zero-order chi connectivity index (χ0) is 15.5.